The number of nitrogens with zero attached hydrogens (tertiary/aromatic N) is 2. The highest BCUT2D eigenvalue weighted by molar-refractivity contribution is 5.54. The standard InChI is InChI=1S/C7H7N3O3/c1-11-7-3-5(13-10-7)4-2-6(8)9-12-4/h2-3H,1H3,(H2,8,9). The number of rotatable bonds is 2. The van der Waals surface area contributed by atoms with E-state index in [1.54, 1.807) is 12.1 Å². The lowest BCUT2D eigenvalue weighted by Gasteiger charge is -1.83. The number of aromatic nitrogens is 2. The van der Waals surface area contributed by atoms with Crippen LogP contribution in [0, 0.1) is 0 Å². The number of anilines is 1. The van der Waals surface area contributed by atoms with Crippen LogP contribution in [0.1, 0.15) is 0 Å². The van der Waals surface area contributed by atoms with Crippen LogP contribution in [0.2, 0.25) is 0 Å². The van der Waals surface area contributed by atoms with Gasteiger partial charge in [0.15, 0.2) is 5.82 Å². The molecule has 2 aromatic heterocycles. The summed E-state index contributed by atoms with van der Waals surface area (Å²) in [7, 11) is 1.50. The molecule has 0 spiro atoms. The summed E-state index contributed by atoms with van der Waals surface area (Å²) in [5, 5.41) is 7.10. The van der Waals surface area contributed by atoms with Crippen LogP contribution in [0.5, 0.6) is 5.88 Å². The Morgan fingerprint density at radius 3 is 2.46 bits per heavy atom. The van der Waals surface area contributed by atoms with Gasteiger partial charge in [0.1, 0.15) is 0 Å². The SMILES string of the molecule is COc1cc(-c2cc(N)no2)on1. The quantitative estimate of drug-likeness (QED) is 0.741. The van der Waals surface area contributed by atoms with Gasteiger partial charge in [-0.2, -0.15) is 0 Å². The van der Waals surface area contributed by atoms with Gasteiger partial charge in [0.25, 0.3) is 5.88 Å². The second kappa shape index (κ2) is 2.81. The molecule has 2 rings (SSSR count). The Kier molecular flexibility index (Phi) is 1.66. The summed E-state index contributed by atoms with van der Waals surface area (Å²) in [5.74, 6) is 1.53. The summed E-state index contributed by atoms with van der Waals surface area (Å²) >= 11 is 0. The van der Waals surface area contributed by atoms with Gasteiger partial charge in [-0.1, -0.05) is 5.16 Å². The van der Waals surface area contributed by atoms with Crippen LogP contribution in [0.15, 0.2) is 21.2 Å². The molecule has 0 radical (unpaired) electrons. The van der Waals surface area contributed by atoms with Gasteiger partial charge in [0.05, 0.1) is 13.2 Å². The summed E-state index contributed by atoms with van der Waals surface area (Å²) in [6.45, 7) is 0. The third-order valence-electron chi connectivity index (χ3n) is 1.47. The van der Waals surface area contributed by atoms with Crippen molar-refractivity contribution in [2.75, 3.05) is 12.8 Å². The van der Waals surface area contributed by atoms with Crippen LogP contribution >= 0.6 is 0 Å². The molecule has 0 saturated heterocycles. The molecule has 0 aliphatic heterocycles. The highest BCUT2D eigenvalue weighted by Gasteiger charge is 2.11. The second-order valence-corrected chi connectivity index (χ2v) is 2.35. The van der Waals surface area contributed by atoms with Crippen LogP contribution < -0.4 is 10.5 Å². The Morgan fingerprint density at radius 2 is 1.92 bits per heavy atom. The number of ether oxygens (including phenoxy) is 1. The maximum absolute atomic E-state index is 5.36. The molecule has 0 aliphatic carbocycles. The van der Waals surface area contributed by atoms with Gasteiger partial charge in [0.2, 0.25) is 11.5 Å². The average Bonchev–Trinajstić information content (AvgIpc) is 2.71. The number of nitrogen functional groups attached to an aromatic ring is 1. The third-order valence-corrected chi connectivity index (χ3v) is 1.47. The lowest BCUT2D eigenvalue weighted by molar-refractivity contribution is 0.336. The summed E-state index contributed by atoms with van der Waals surface area (Å²) in [6, 6.07) is 3.12. The molecule has 0 atom stereocenters. The van der Waals surface area contributed by atoms with Crippen LogP contribution in [0.25, 0.3) is 11.5 Å². The van der Waals surface area contributed by atoms with Gasteiger partial charge in [-0.05, 0) is 5.16 Å². The zero-order chi connectivity index (χ0) is 9.26. The van der Waals surface area contributed by atoms with Gasteiger partial charge in [-0.15, -0.1) is 0 Å². The Morgan fingerprint density at radius 1 is 1.23 bits per heavy atom. The average molecular weight is 181 g/mol. The summed E-state index contributed by atoms with van der Waals surface area (Å²) in [6.07, 6.45) is 0. The number of hydrogen-bond acceptors (Lipinski definition) is 6. The zero-order valence-corrected chi connectivity index (χ0v) is 6.85. The van der Waals surface area contributed by atoms with E-state index in [9.17, 15) is 0 Å². The van der Waals surface area contributed by atoms with Crippen LogP contribution in [-0.2, 0) is 0 Å². The molecular weight excluding hydrogens is 174 g/mol. The Bertz CT molecular complexity index is 407. The van der Waals surface area contributed by atoms with Gasteiger partial charge in [-0.25, -0.2) is 0 Å². The molecule has 0 unspecified atom stereocenters. The Balaban J connectivity index is 2.35. The molecule has 0 saturated carbocycles. The van der Waals surface area contributed by atoms with Crippen LogP contribution in [0.3, 0.4) is 0 Å². The highest BCUT2D eigenvalue weighted by Crippen LogP contribution is 2.24. The number of hydrogen-bond donors (Lipinski definition) is 1. The lowest BCUT2D eigenvalue weighted by Crippen LogP contribution is -1.79. The van der Waals surface area contributed by atoms with Crippen molar-refractivity contribution < 1.29 is 13.8 Å². The van der Waals surface area contributed by atoms with E-state index in [1.165, 1.54) is 7.11 Å². The predicted octanol–water partition coefficient (Wildman–Crippen LogP) is 0.920. The molecule has 2 aromatic rings. The fourth-order valence-electron chi connectivity index (χ4n) is 0.876. The first-order valence-electron chi connectivity index (χ1n) is 3.53. The normalized spacial score (nSPS) is 10.2. The molecule has 0 aliphatic rings. The molecule has 0 amide bonds. The van der Waals surface area contributed by atoms with Gasteiger partial charge >= 0.3 is 0 Å². The molecule has 0 fully saturated rings. The highest BCUT2D eigenvalue weighted by atomic mass is 16.5. The van der Waals surface area contributed by atoms with Crippen molar-refractivity contribution in [3.05, 3.63) is 12.1 Å². The molecule has 13 heavy (non-hydrogen) atoms. The van der Waals surface area contributed by atoms with E-state index < -0.39 is 0 Å². The van der Waals surface area contributed by atoms with E-state index in [2.05, 4.69) is 10.3 Å². The van der Waals surface area contributed by atoms with Crippen molar-refractivity contribution in [3.8, 4) is 17.4 Å². The molecule has 6 heteroatoms. The maximum atomic E-state index is 5.36. The predicted molar refractivity (Wildman–Crippen MR) is 43.0 cm³/mol. The van der Waals surface area contributed by atoms with Gasteiger partial charge in [0, 0.05) is 6.07 Å². The third kappa shape index (κ3) is 1.33. The fraction of sp³-hybridized carbons (Fsp3) is 0.143. The van der Waals surface area contributed by atoms with Crippen molar-refractivity contribution in [1.82, 2.24) is 10.3 Å². The smallest absolute Gasteiger partial charge is 0.254 e. The van der Waals surface area contributed by atoms with Gasteiger partial charge < -0.3 is 19.5 Å². The van der Waals surface area contributed by atoms with E-state index in [4.69, 9.17) is 19.5 Å². The molecule has 0 bridgehead atoms. The summed E-state index contributed by atoms with van der Waals surface area (Å²) in [5.41, 5.74) is 5.36. The number of methoxy groups -OCH3 is 1. The van der Waals surface area contributed by atoms with E-state index >= 15 is 0 Å². The molecule has 0 aromatic carbocycles. The van der Waals surface area contributed by atoms with E-state index in [-0.39, 0.29) is 0 Å². The lowest BCUT2D eigenvalue weighted by atomic mass is 10.3. The zero-order valence-electron chi connectivity index (χ0n) is 6.85. The van der Waals surface area contributed by atoms with E-state index in [0.717, 1.165) is 0 Å². The second-order valence-electron chi connectivity index (χ2n) is 2.35. The first-order chi connectivity index (χ1) is 6.29. The van der Waals surface area contributed by atoms with E-state index in [1.807, 2.05) is 0 Å². The van der Waals surface area contributed by atoms with Gasteiger partial charge in [-0.3, -0.25) is 0 Å². The minimum atomic E-state index is 0.297. The molecular formula is C7H7N3O3. The molecule has 68 valence electrons. The fourth-order valence-corrected chi connectivity index (χ4v) is 0.876. The summed E-state index contributed by atoms with van der Waals surface area (Å²) in [4.78, 5) is 0. The minimum Gasteiger partial charge on any atom is -0.479 e. The van der Waals surface area contributed by atoms with Crippen LogP contribution in [-0.4, -0.2) is 17.4 Å². The molecule has 2 N–H and O–H groups in total. The first kappa shape index (κ1) is 7.66. The monoisotopic (exact) mass is 181 g/mol. The topological polar surface area (TPSA) is 87.3 Å². The van der Waals surface area contributed by atoms with Crippen molar-refractivity contribution >= 4 is 5.82 Å². The van der Waals surface area contributed by atoms with Crippen molar-refractivity contribution in [3.63, 3.8) is 0 Å². The van der Waals surface area contributed by atoms with Crippen molar-refractivity contribution in [2.45, 2.75) is 0 Å². The van der Waals surface area contributed by atoms with Crippen molar-refractivity contribution in [2.24, 2.45) is 0 Å². The maximum Gasteiger partial charge on any atom is 0.254 e. The minimum absolute atomic E-state index is 0.297. The Labute approximate surface area is 73.2 Å². The first-order valence-corrected chi connectivity index (χ1v) is 3.53. The largest absolute Gasteiger partial charge is 0.479 e. The molecule has 6 nitrogen and oxygen atoms in total. The van der Waals surface area contributed by atoms with Crippen molar-refractivity contribution in [1.29, 1.82) is 0 Å². The van der Waals surface area contributed by atoms with E-state index in [0.29, 0.717) is 23.2 Å². The Hall–Kier alpha value is -1.98. The summed E-state index contributed by atoms with van der Waals surface area (Å²) < 4.78 is 14.6. The number of nitrogens with two attached hydrogens (primary N) is 1. The molecule has 2 heterocycles. The van der Waals surface area contributed by atoms with Crippen LogP contribution in [0.4, 0.5) is 5.82 Å².